The van der Waals surface area contributed by atoms with Crippen molar-refractivity contribution in [2.75, 3.05) is 5.32 Å². The van der Waals surface area contributed by atoms with E-state index in [0.717, 1.165) is 5.56 Å². The van der Waals surface area contributed by atoms with Crippen LogP contribution >= 0.6 is 11.3 Å². The molecule has 0 bridgehead atoms. The molecule has 28 heavy (non-hydrogen) atoms. The number of anilines is 1. The van der Waals surface area contributed by atoms with Crippen molar-refractivity contribution in [3.8, 4) is 5.75 Å². The summed E-state index contributed by atoms with van der Waals surface area (Å²) in [6.45, 7) is 0. The van der Waals surface area contributed by atoms with Gasteiger partial charge in [-0.15, -0.1) is 24.5 Å². The number of benzene rings is 2. The Balaban J connectivity index is 1.68. The summed E-state index contributed by atoms with van der Waals surface area (Å²) in [4.78, 5) is 21.0. The van der Waals surface area contributed by atoms with Crippen molar-refractivity contribution in [3.05, 3.63) is 70.7 Å². The van der Waals surface area contributed by atoms with Crippen molar-refractivity contribution in [1.82, 2.24) is 4.98 Å². The zero-order valence-electron chi connectivity index (χ0n) is 14.2. The number of ether oxygens (including phenoxy) is 1. The van der Waals surface area contributed by atoms with Crippen LogP contribution in [0, 0.1) is 0 Å². The maximum Gasteiger partial charge on any atom is 0.573 e. The number of thiazole rings is 1. The molecule has 0 unspecified atom stereocenters. The first-order valence-electron chi connectivity index (χ1n) is 8.16. The van der Waals surface area contributed by atoms with E-state index in [4.69, 9.17) is 0 Å². The molecule has 4 rings (SSSR count). The van der Waals surface area contributed by atoms with Gasteiger partial charge in [0.05, 0.1) is 17.0 Å². The zero-order chi connectivity index (χ0) is 19.7. The van der Waals surface area contributed by atoms with Gasteiger partial charge in [0.1, 0.15) is 5.75 Å². The van der Waals surface area contributed by atoms with Crippen LogP contribution in [0.25, 0.3) is 0 Å². The first-order chi connectivity index (χ1) is 13.4. The molecular weight excluding hydrogens is 391 g/mol. The molecule has 0 aliphatic carbocycles. The number of alkyl halides is 3. The Morgan fingerprint density at radius 1 is 1.14 bits per heavy atom. The quantitative estimate of drug-likeness (QED) is 0.669. The Labute approximate surface area is 161 Å². The van der Waals surface area contributed by atoms with Crippen LogP contribution < -0.4 is 10.1 Å². The van der Waals surface area contributed by atoms with Crippen molar-refractivity contribution in [2.24, 2.45) is 4.99 Å². The summed E-state index contributed by atoms with van der Waals surface area (Å²) in [7, 11) is 0. The molecule has 1 aliphatic rings. The molecular formula is C19H12F3N3O2S. The van der Waals surface area contributed by atoms with Gasteiger partial charge < -0.3 is 4.74 Å². The van der Waals surface area contributed by atoms with Crippen LogP contribution in [0.2, 0.25) is 0 Å². The van der Waals surface area contributed by atoms with Crippen LogP contribution in [0.15, 0.2) is 59.0 Å². The highest BCUT2D eigenvalue weighted by Gasteiger charge is 2.33. The fraction of sp³-hybridized carbons (Fsp3) is 0.105. The molecule has 0 saturated carbocycles. The van der Waals surface area contributed by atoms with Gasteiger partial charge in [0.15, 0.2) is 5.13 Å². The number of rotatable bonds is 4. The predicted octanol–water partition coefficient (Wildman–Crippen LogP) is 4.97. The Morgan fingerprint density at radius 3 is 2.71 bits per heavy atom. The highest BCUT2D eigenvalue weighted by atomic mass is 32.1. The van der Waals surface area contributed by atoms with E-state index >= 15 is 0 Å². The summed E-state index contributed by atoms with van der Waals surface area (Å²) < 4.78 is 42.2. The minimum Gasteiger partial charge on any atom is -0.405 e. The molecule has 1 aliphatic heterocycles. The van der Waals surface area contributed by atoms with Gasteiger partial charge in [0.2, 0.25) is 0 Å². The van der Waals surface area contributed by atoms with Gasteiger partial charge in [-0.05, 0) is 23.8 Å². The number of para-hydroxylation sites is 2. The average molecular weight is 403 g/mol. The molecule has 1 N–H and O–H groups in total. The summed E-state index contributed by atoms with van der Waals surface area (Å²) >= 11 is 1.28. The molecule has 0 spiro atoms. The maximum absolute atomic E-state index is 12.7. The molecule has 1 aromatic heterocycles. The SMILES string of the molecule is O=C(Nc1nccs1)c1cccc2c1N=C(c1ccccc1OC(F)(F)F)C2. The van der Waals surface area contributed by atoms with Gasteiger partial charge in [-0.3, -0.25) is 15.1 Å². The highest BCUT2D eigenvalue weighted by molar-refractivity contribution is 7.13. The average Bonchev–Trinajstić information content (AvgIpc) is 3.29. The lowest BCUT2D eigenvalue weighted by Crippen LogP contribution is -2.19. The second-order valence-electron chi connectivity index (χ2n) is 5.88. The van der Waals surface area contributed by atoms with Crippen molar-refractivity contribution < 1.29 is 22.7 Å². The minimum atomic E-state index is -4.80. The normalized spacial score (nSPS) is 13.0. The number of nitrogens with zero attached hydrogens (tertiary/aromatic N) is 2. The molecule has 0 atom stereocenters. The van der Waals surface area contributed by atoms with E-state index in [1.807, 2.05) is 0 Å². The molecule has 0 radical (unpaired) electrons. The van der Waals surface area contributed by atoms with Crippen molar-refractivity contribution in [3.63, 3.8) is 0 Å². The molecule has 142 valence electrons. The number of hydrogen-bond acceptors (Lipinski definition) is 5. The first kappa shape index (κ1) is 18.2. The Kier molecular flexibility index (Phi) is 4.60. The number of aliphatic imine (C=N–C) groups is 1. The fourth-order valence-electron chi connectivity index (χ4n) is 2.93. The van der Waals surface area contributed by atoms with E-state index in [2.05, 4.69) is 20.0 Å². The topological polar surface area (TPSA) is 63.6 Å². The van der Waals surface area contributed by atoms with Crippen molar-refractivity contribution in [1.29, 1.82) is 0 Å². The molecule has 5 nitrogen and oxygen atoms in total. The van der Waals surface area contributed by atoms with Gasteiger partial charge in [0.25, 0.3) is 5.91 Å². The van der Waals surface area contributed by atoms with Gasteiger partial charge >= 0.3 is 6.36 Å². The lowest BCUT2D eigenvalue weighted by molar-refractivity contribution is -0.274. The number of amides is 1. The van der Waals surface area contributed by atoms with Crippen LogP contribution in [-0.2, 0) is 6.42 Å². The monoisotopic (exact) mass is 403 g/mol. The van der Waals surface area contributed by atoms with Crippen LogP contribution in [0.1, 0.15) is 21.5 Å². The van der Waals surface area contributed by atoms with E-state index in [9.17, 15) is 18.0 Å². The van der Waals surface area contributed by atoms with Crippen LogP contribution in [0.4, 0.5) is 24.0 Å². The molecule has 2 heterocycles. The Morgan fingerprint density at radius 2 is 1.96 bits per heavy atom. The summed E-state index contributed by atoms with van der Waals surface area (Å²) in [6.07, 6.45) is -2.93. The number of hydrogen-bond donors (Lipinski definition) is 1. The van der Waals surface area contributed by atoms with Crippen molar-refractivity contribution in [2.45, 2.75) is 12.8 Å². The zero-order valence-corrected chi connectivity index (χ0v) is 15.0. The summed E-state index contributed by atoms with van der Waals surface area (Å²) in [5, 5.41) is 4.88. The standard InChI is InChI=1S/C19H12F3N3O2S/c20-19(21,22)27-15-7-2-1-5-12(15)14-10-11-4-3-6-13(16(11)24-14)17(26)25-18-23-8-9-28-18/h1-9H,10H2,(H,23,25,26). The second kappa shape index (κ2) is 7.08. The first-order valence-corrected chi connectivity index (χ1v) is 9.04. The van der Waals surface area contributed by atoms with E-state index < -0.39 is 6.36 Å². The lowest BCUT2D eigenvalue weighted by Gasteiger charge is -2.12. The number of carbonyl (C=O) groups excluding carboxylic acids is 1. The molecule has 0 fully saturated rings. The lowest BCUT2D eigenvalue weighted by atomic mass is 10.0. The predicted molar refractivity (Wildman–Crippen MR) is 99.5 cm³/mol. The molecule has 1 amide bonds. The number of nitrogens with one attached hydrogen (secondary N) is 1. The van der Waals surface area contributed by atoms with Gasteiger partial charge in [-0.1, -0.05) is 24.3 Å². The van der Waals surface area contributed by atoms with E-state index in [1.54, 1.807) is 35.8 Å². The maximum atomic E-state index is 12.7. The van der Waals surface area contributed by atoms with E-state index in [-0.39, 0.29) is 17.2 Å². The molecule has 3 aromatic rings. The van der Waals surface area contributed by atoms with E-state index in [0.29, 0.717) is 28.5 Å². The van der Waals surface area contributed by atoms with Crippen LogP contribution in [-0.4, -0.2) is 23.0 Å². The fourth-order valence-corrected chi connectivity index (χ4v) is 3.45. The Hall–Kier alpha value is -3.20. The Bertz CT molecular complexity index is 1060. The van der Waals surface area contributed by atoms with E-state index in [1.165, 1.54) is 29.5 Å². The van der Waals surface area contributed by atoms with Crippen LogP contribution in [0.3, 0.4) is 0 Å². The summed E-state index contributed by atoms with van der Waals surface area (Å²) in [6, 6.07) is 10.9. The number of fused-ring (bicyclic) bond motifs is 1. The third kappa shape index (κ3) is 3.74. The second-order valence-corrected chi connectivity index (χ2v) is 6.78. The summed E-state index contributed by atoms with van der Waals surface area (Å²) in [5.41, 5.74) is 2.17. The molecule has 0 saturated heterocycles. The molecule has 9 heteroatoms. The third-order valence-corrected chi connectivity index (χ3v) is 4.73. The van der Waals surface area contributed by atoms with Gasteiger partial charge in [-0.2, -0.15) is 0 Å². The van der Waals surface area contributed by atoms with Crippen LogP contribution in [0.5, 0.6) is 5.75 Å². The smallest absolute Gasteiger partial charge is 0.405 e. The molecule has 2 aromatic carbocycles. The number of halogens is 3. The van der Waals surface area contributed by atoms with Gasteiger partial charge in [-0.25, -0.2) is 4.98 Å². The summed E-state index contributed by atoms with van der Waals surface area (Å²) in [5.74, 6) is -0.702. The van der Waals surface area contributed by atoms with Crippen molar-refractivity contribution >= 4 is 33.8 Å². The number of carbonyl (C=O) groups is 1. The number of aromatic nitrogens is 1. The highest BCUT2D eigenvalue weighted by Crippen LogP contribution is 2.36. The largest absolute Gasteiger partial charge is 0.573 e. The van der Waals surface area contributed by atoms with Gasteiger partial charge in [0, 0.05) is 23.6 Å². The third-order valence-electron chi connectivity index (χ3n) is 4.05. The minimum absolute atomic E-state index is 0.238.